The van der Waals surface area contributed by atoms with Crippen molar-refractivity contribution in [2.45, 2.75) is 50.4 Å². The molecule has 2 aromatic rings. The lowest BCUT2D eigenvalue weighted by Crippen LogP contribution is -2.47. The van der Waals surface area contributed by atoms with E-state index in [4.69, 9.17) is 9.84 Å². The number of alkyl carbamates (subject to hydrolysis) is 1. The number of halogens is 3. The molecule has 0 spiro atoms. The average molecular weight is 478 g/mol. The van der Waals surface area contributed by atoms with Gasteiger partial charge >= 0.3 is 18.2 Å². The van der Waals surface area contributed by atoms with E-state index in [1.807, 2.05) is 48.5 Å². The molecule has 34 heavy (non-hydrogen) atoms. The van der Waals surface area contributed by atoms with Crippen molar-refractivity contribution >= 4 is 18.0 Å². The van der Waals surface area contributed by atoms with Gasteiger partial charge in [0.2, 0.25) is 5.91 Å². The summed E-state index contributed by atoms with van der Waals surface area (Å²) in [6.07, 6.45) is -7.35. The number of ether oxygens (including phenoxy) is 1. The van der Waals surface area contributed by atoms with Crippen molar-refractivity contribution in [2.75, 3.05) is 6.61 Å². The minimum Gasteiger partial charge on any atom is -0.480 e. The third-order valence-corrected chi connectivity index (χ3v) is 5.73. The highest BCUT2D eigenvalue weighted by Gasteiger charge is 2.41. The Hall–Kier alpha value is -3.56. The zero-order valence-electron chi connectivity index (χ0n) is 18.4. The number of amides is 2. The number of fused-ring (bicyclic) bond motifs is 3. The molecule has 0 aliphatic heterocycles. The number of carbonyl (C=O) groups excluding carboxylic acids is 2. The number of hydrogen-bond acceptors (Lipinski definition) is 4. The van der Waals surface area contributed by atoms with E-state index in [2.05, 4.69) is 5.32 Å². The first-order valence-corrected chi connectivity index (χ1v) is 10.8. The van der Waals surface area contributed by atoms with E-state index in [0.717, 1.165) is 22.3 Å². The molecule has 182 valence electrons. The summed E-state index contributed by atoms with van der Waals surface area (Å²) in [6.45, 7) is 1.37. The predicted molar refractivity (Wildman–Crippen MR) is 117 cm³/mol. The van der Waals surface area contributed by atoms with Gasteiger partial charge < -0.3 is 20.5 Å². The number of alkyl halides is 3. The summed E-state index contributed by atoms with van der Waals surface area (Å²) in [4.78, 5) is 35.1. The Labute approximate surface area is 194 Å². The van der Waals surface area contributed by atoms with E-state index in [1.165, 1.54) is 6.92 Å². The summed E-state index contributed by atoms with van der Waals surface area (Å²) in [5, 5.41) is 12.9. The highest BCUT2D eigenvalue weighted by Crippen LogP contribution is 2.44. The van der Waals surface area contributed by atoms with E-state index >= 15 is 0 Å². The number of rotatable bonds is 9. The van der Waals surface area contributed by atoms with E-state index < -0.39 is 49.1 Å². The number of carboxylic acid groups (broad SMARTS) is 1. The maximum atomic E-state index is 13.4. The van der Waals surface area contributed by atoms with Crippen LogP contribution in [0.1, 0.15) is 43.2 Å². The molecule has 1 aliphatic carbocycles. The maximum absolute atomic E-state index is 13.4. The van der Waals surface area contributed by atoms with E-state index in [0.29, 0.717) is 0 Å². The molecule has 0 aromatic heterocycles. The predicted octanol–water partition coefficient (Wildman–Crippen LogP) is 4.22. The molecule has 2 atom stereocenters. The van der Waals surface area contributed by atoms with Crippen molar-refractivity contribution in [3.05, 3.63) is 59.7 Å². The third-order valence-electron chi connectivity index (χ3n) is 5.73. The average Bonchev–Trinajstić information content (AvgIpc) is 3.11. The highest BCUT2D eigenvalue weighted by atomic mass is 19.4. The second-order valence-corrected chi connectivity index (χ2v) is 7.97. The third kappa shape index (κ3) is 5.86. The molecular weight excluding hydrogens is 453 g/mol. The Morgan fingerprint density at radius 1 is 1.00 bits per heavy atom. The molecule has 2 amide bonds. The lowest BCUT2D eigenvalue weighted by Gasteiger charge is -2.22. The second kappa shape index (κ2) is 10.6. The largest absolute Gasteiger partial charge is 0.480 e. The molecule has 2 aromatic carbocycles. The monoisotopic (exact) mass is 478 g/mol. The van der Waals surface area contributed by atoms with Crippen LogP contribution in [0, 0.1) is 0 Å². The van der Waals surface area contributed by atoms with Crippen molar-refractivity contribution in [1.82, 2.24) is 10.6 Å². The van der Waals surface area contributed by atoms with Crippen LogP contribution in [0.2, 0.25) is 0 Å². The van der Waals surface area contributed by atoms with Crippen molar-refractivity contribution in [2.24, 2.45) is 0 Å². The first kappa shape index (κ1) is 25.1. The molecule has 3 rings (SSSR count). The van der Waals surface area contributed by atoms with Crippen molar-refractivity contribution in [3.63, 3.8) is 0 Å². The summed E-state index contributed by atoms with van der Waals surface area (Å²) >= 11 is 0. The molecule has 0 fully saturated rings. The van der Waals surface area contributed by atoms with Gasteiger partial charge in [-0.25, -0.2) is 9.59 Å². The number of carboxylic acids is 1. The van der Waals surface area contributed by atoms with Crippen LogP contribution < -0.4 is 10.6 Å². The molecule has 0 saturated carbocycles. The first-order valence-electron chi connectivity index (χ1n) is 10.8. The quantitative estimate of drug-likeness (QED) is 0.501. The van der Waals surface area contributed by atoms with Gasteiger partial charge in [-0.1, -0.05) is 55.5 Å². The number of carbonyl (C=O) groups is 3. The van der Waals surface area contributed by atoms with Gasteiger partial charge in [-0.2, -0.15) is 13.2 Å². The minimum absolute atomic E-state index is 0.0851. The molecular formula is C24H25F3N2O5. The number of benzene rings is 2. The van der Waals surface area contributed by atoms with Crippen LogP contribution in [0.15, 0.2) is 48.5 Å². The fraction of sp³-hybridized carbons (Fsp3) is 0.375. The van der Waals surface area contributed by atoms with Gasteiger partial charge in [0, 0.05) is 12.3 Å². The van der Waals surface area contributed by atoms with E-state index in [-0.39, 0.29) is 18.9 Å². The molecule has 10 heteroatoms. The molecule has 3 N–H and O–H groups in total. The summed E-state index contributed by atoms with van der Waals surface area (Å²) in [6, 6.07) is 11.6. The molecule has 0 radical (unpaired) electrons. The molecule has 1 aliphatic rings. The summed E-state index contributed by atoms with van der Waals surface area (Å²) in [5.74, 6) is -2.44. The zero-order chi connectivity index (χ0) is 24.9. The maximum Gasteiger partial charge on any atom is 0.408 e. The van der Waals surface area contributed by atoms with E-state index in [9.17, 15) is 27.6 Å². The van der Waals surface area contributed by atoms with Crippen LogP contribution >= 0.6 is 0 Å². The summed E-state index contributed by atoms with van der Waals surface area (Å²) < 4.78 is 45.4. The summed E-state index contributed by atoms with van der Waals surface area (Å²) in [5.41, 5.74) is 3.81. The SMILES string of the molecule is CC[C@@H](NC(=O)CC[C@H](NC(=O)OCC1c2ccccc2-c2ccccc21)C(F)(F)F)C(=O)O. The van der Waals surface area contributed by atoms with Crippen molar-refractivity contribution in [3.8, 4) is 11.1 Å². The second-order valence-electron chi connectivity index (χ2n) is 7.97. The van der Waals surface area contributed by atoms with Crippen LogP contribution in [0.3, 0.4) is 0 Å². The number of aliphatic carboxylic acids is 1. The normalized spacial score (nSPS) is 14.5. The van der Waals surface area contributed by atoms with Crippen molar-refractivity contribution < 1.29 is 37.4 Å². The smallest absolute Gasteiger partial charge is 0.408 e. The van der Waals surface area contributed by atoms with Crippen LogP contribution in [-0.4, -0.2) is 47.9 Å². The Bertz CT molecular complexity index is 1010. The van der Waals surface area contributed by atoms with Crippen molar-refractivity contribution in [1.29, 1.82) is 0 Å². The van der Waals surface area contributed by atoms with Gasteiger partial charge in [0.25, 0.3) is 0 Å². The van der Waals surface area contributed by atoms with Gasteiger partial charge in [0.15, 0.2) is 0 Å². The van der Waals surface area contributed by atoms with Crippen LogP contribution in [0.5, 0.6) is 0 Å². The standard InChI is InChI=1S/C24H25F3N2O5/c1-2-19(22(31)32)28-21(30)12-11-20(24(25,26)27)29-23(33)34-13-18-16-9-5-3-7-14(16)15-8-4-6-10-17(15)18/h3-10,18-20H,2,11-13H2,1H3,(H,28,30)(H,29,33)(H,31,32)/t19-,20+/m1/s1. The van der Waals surface area contributed by atoms with Gasteiger partial charge in [0.05, 0.1) is 0 Å². The molecule has 0 bridgehead atoms. The Morgan fingerprint density at radius 3 is 2.06 bits per heavy atom. The zero-order valence-corrected chi connectivity index (χ0v) is 18.4. The lowest BCUT2D eigenvalue weighted by atomic mass is 9.98. The first-order chi connectivity index (χ1) is 16.1. The topological polar surface area (TPSA) is 105 Å². The van der Waals surface area contributed by atoms with Gasteiger partial charge in [-0.05, 0) is 35.1 Å². The molecule has 0 heterocycles. The highest BCUT2D eigenvalue weighted by molar-refractivity contribution is 5.83. The Morgan fingerprint density at radius 2 is 1.56 bits per heavy atom. The van der Waals surface area contributed by atoms with Crippen LogP contribution in [0.25, 0.3) is 11.1 Å². The lowest BCUT2D eigenvalue weighted by molar-refractivity contribution is -0.157. The van der Waals surface area contributed by atoms with Gasteiger partial charge in [0.1, 0.15) is 18.7 Å². The van der Waals surface area contributed by atoms with Crippen LogP contribution in [-0.2, 0) is 14.3 Å². The van der Waals surface area contributed by atoms with Gasteiger partial charge in [-0.15, -0.1) is 0 Å². The van der Waals surface area contributed by atoms with E-state index in [1.54, 1.807) is 5.32 Å². The van der Waals surface area contributed by atoms with Crippen LogP contribution in [0.4, 0.5) is 18.0 Å². The Balaban J connectivity index is 1.60. The molecule has 0 unspecified atom stereocenters. The minimum atomic E-state index is -4.82. The molecule has 0 saturated heterocycles. The fourth-order valence-electron chi connectivity index (χ4n) is 3.98. The fourth-order valence-corrected chi connectivity index (χ4v) is 3.98. The molecule has 7 nitrogen and oxygen atoms in total. The number of hydrogen-bond donors (Lipinski definition) is 3. The van der Waals surface area contributed by atoms with Gasteiger partial charge in [-0.3, -0.25) is 4.79 Å². The number of nitrogens with one attached hydrogen (secondary N) is 2. The Kier molecular flexibility index (Phi) is 7.80. The summed E-state index contributed by atoms with van der Waals surface area (Å²) in [7, 11) is 0.